The first-order valence-corrected chi connectivity index (χ1v) is 10.9. The van der Waals surface area contributed by atoms with Crippen LogP contribution in [0.15, 0.2) is 60.8 Å². The molecular weight excluding hydrogens is 405 g/mol. The molecule has 1 fully saturated rings. The van der Waals surface area contributed by atoms with Gasteiger partial charge in [0.05, 0.1) is 25.3 Å². The Morgan fingerprint density at radius 2 is 1.88 bits per heavy atom. The second-order valence-electron chi connectivity index (χ2n) is 8.18. The van der Waals surface area contributed by atoms with Gasteiger partial charge in [0.15, 0.2) is 0 Å². The van der Waals surface area contributed by atoms with Crippen LogP contribution in [0.4, 0.5) is 4.39 Å². The van der Waals surface area contributed by atoms with E-state index in [0.717, 1.165) is 35.5 Å². The minimum Gasteiger partial charge on any atom is -0.379 e. The molecule has 0 spiro atoms. The minimum atomic E-state index is -0.285. The molecule has 4 rings (SSSR count). The molecule has 6 heteroatoms. The van der Waals surface area contributed by atoms with Gasteiger partial charge in [-0.1, -0.05) is 54.1 Å². The number of aromatic nitrogens is 1. The summed E-state index contributed by atoms with van der Waals surface area (Å²) >= 11 is 0. The lowest BCUT2D eigenvalue weighted by molar-refractivity contribution is -0.120. The number of benzene rings is 2. The van der Waals surface area contributed by atoms with E-state index < -0.39 is 0 Å². The van der Waals surface area contributed by atoms with Crippen LogP contribution in [0, 0.1) is 12.7 Å². The summed E-state index contributed by atoms with van der Waals surface area (Å²) in [4.78, 5) is 19.0. The van der Waals surface area contributed by atoms with Crippen molar-refractivity contribution in [2.24, 2.45) is 0 Å². The van der Waals surface area contributed by atoms with Gasteiger partial charge in [0.1, 0.15) is 5.82 Å². The number of halogens is 1. The standard InChI is InChI=1S/C26H28FN3O2/c1-19-3-2-4-21(13-19)16-29-26(31)14-20-5-7-22(8-6-20)24-17-28-23(15-25(24)27)18-30-9-11-32-12-10-30/h2-8,13,15,17H,9-12,14,16,18H2,1H3,(H,29,31). The molecule has 2 aromatic carbocycles. The number of nitrogens with zero attached hydrogens (tertiary/aromatic N) is 2. The highest BCUT2D eigenvalue weighted by Crippen LogP contribution is 2.23. The van der Waals surface area contributed by atoms with E-state index in [1.165, 1.54) is 11.6 Å². The zero-order valence-corrected chi connectivity index (χ0v) is 18.3. The molecule has 1 aliphatic rings. The maximum absolute atomic E-state index is 14.7. The molecule has 0 radical (unpaired) electrons. The van der Waals surface area contributed by atoms with E-state index in [2.05, 4.69) is 21.3 Å². The van der Waals surface area contributed by atoms with Crippen molar-refractivity contribution < 1.29 is 13.9 Å². The average Bonchev–Trinajstić information content (AvgIpc) is 2.79. The van der Waals surface area contributed by atoms with Crippen molar-refractivity contribution in [1.82, 2.24) is 15.2 Å². The lowest BCUT2D eigenvalue weighted by Gasteiger charge is -2.26. The van der Waals surface area contributed by atoms with Crippen LogP contribution in [0.1, 0.15) is 22.4 Å². The highest BCUT2D eigenvalue weighted by molar-refractivity contribution is 5.78. The summed E-state index contributed by atoms with van der Waals surface area (Å²) in [6.45, 7) is 6.25. The number of hydrogen-bond donors (Lipinski definition) is 1. The lowest BCUT2D eigenvalue weighted by atomic mass is 10.0. The zero-order valence-electron chi connectivity index (χ0n) is 18.3. The van der Waals surface area contributed by atoms with E-state index in [9.17, 15) is 9.18 Å². The van der Waals surface area contributed by atoms with Crippen molar-refractivity contribution in [2.75, 3.05) is 26.3 Å². The molecule has 0 saturated carbocycles. The first-order chi connectivity index (χ1) is 15.6. The molecule has 166 valence electrons. The van der Waals surface area contributed by atoms with Crippen LogP contribution in [0.3, 0.4) is 0 Å². The number of aryl methyl sites for hydroxylation is 1. The van der Waals surface area contributed by atoms with Crippen LogP contribution in [-0.4, -0.2) is 42.1 Å². The Kier molecular flexibility index (Phi) is 7.24. The van der Waals surface area contributed by atoms with Crippen molar-refractivity contribution in [3.8, 4) is 11.1 Å². The number of hydrogen-bond acceptors (Lipinski definition) is 4. The summed E-state index contributed by atoms with van der Waals surface area (Å²) in [7, 11) is 0. The Hall–Kier alpha value is -3.09. The fourth-order valence-corrected chi connectivity index (χ4v) is 3.83. The Morgan fingerprint density at radius 3 is 2.59 bits per heavy atom. The van der Waals surface area contributed by atoms with Crippen LogP contribution in [0.25, 0.3) is 11.1 Å². The normalized spacial score (nSPS) is 14.3. The van der Waals surface area contributed by atoms with Gasteiger partial charge in [-0.3, -0.25) is 14.7 Å². The van der Waals surface area contributed by atoms with Gasteiger partial charge in [-0.05, 0) is 29.7 Å². The van der Waals surface area contributed by atoms with Crippen molar-refractivity contribution >= 4 is 5.91 Å². The van der Waals surface area contributed by atoms with Crippen LogP contribution in [-0.2, 0) is 29.0 Å². The second kappa shape index (κ2) is 10.5. The van der Waals surface area contributed by atoms with Gasteiger partial charge in [0.25, 0.3) is 0 Å². The summed E-state index contributed by atoms with van der Waals surface area (Å²) in [6.07, 6.45) is 1.87. The predicted octanol–water partition coefficient (Wildman–Crippen LogP) is 3.89. The summed E-state index contributed by atoms with van der Waals surface area (Å²) in [5.74, 6) is -0.327. The summed E-state index contributed by atoms with van der Waals surface area (Å²) in [5.41, 5.74) is 5.06. The maximum Gasteiger partial charge on any atom is 0.224 e. The lowest BCUT2D eigenvalue weighted by Crippen LogP contribution is -2.35. The van der Waals surface area contributed by atoms with Crippen molar-refractivity contribution in [1.29, 1.82) is 0 Å². The molecular formula is C26H28FN3O2. The van der Waals surface area contributed by atoms with Crippen molar-refractivity contribution in [2.45, 2.75) is 26.4 Å². The highest BCUT2D eigenvalue weighted by Gasteiger charge is 2.14. The number of morpholine rings is 1. The van der Waals surface area contributed by atoms with Crippen molar-refractivity contribution in [3.05, 3.63) is 89.0 Å². The van der Waals surface area contributed by atoms with Crippen LogP contribution >= 0.6 is 0 Å². The highest BCUT2D eigenvalue weighted by atomic mass is 19.1. The molecule has 32 heavy (non-hydrogen) atoms. The third-order valence-corrected chi connectivity index (χ3v) is 5.60. The summed E-state index contributed by atoms with van der Waals surface area (Å²) in [5, 5.41) is 2.95. The molecule has 1 aliphatic heterocycles. The largest absolute Gasteiger partial charge is 0.379 e. The number of pyridine rings is 1. The Labute approximate surface area is 188 Å². The average molecular weight is 434 g/mol. The molecule has 1 amide bonds. The Bertz CT molecular complexity index is 1060. The predicted molar refractivity (Wildman–Crippen MR) is 122 cm³/mol. The first kappa shape index (κ1) is 22.1. The molecule has 0 atom stereocenters. The Morgan fingerprint density at radius 1 is 1.09 bits per heavy atom. The van der Waals surface area contributed by atoms with Gasteiger partial charge < -0.3 is 10.1 Å². The molecule has 0 bridgehead atoms. The molecule has 1 N–H and O–H groups in total. The van der Waals surface area contributed by atoms with Gasteiger partial charge in [-0.2, -0.15) is 0 Å². The number of carbonyl (C=O) groups is 1. The molecule has 0 aliphatic carbocycles. The van der Waals surface area contributed by atoms with Gasteiger partial charge >= 0.3 is 0 Å². The summed E-state index contributed by atoms with van der Waals surface area (Å²) in [6, 6.07) is 17.0. The van der Waals surface area contributed by atoms with E-state index in [4.69, 9.17) is 4.74 Å². The molecule has 2 heterocycles. The fourth-order valence-electron chi connectivity index (χ4n) is 3.83. The quantitative estimate of drug-likeness (QED) is 0.614. The fraction of sp³-hybridized carbons (Fsp3) is 0.308. The van der Waals surface area contributed by atoms with Crippen LogP contribution in [0.5, 0.6) is 0 Å². The number of carbonyl (C=O) groups excluding carboxylic acids is 1. The second-order valence-corrected chi connectivity index (χ2v) is 8.18. The van der Waals surface area contributed by atoms with Crippen LogP contribution in [0.2, 0.25) is 0 Å². The number of ether oxygens (including phenoxy) is 1. The van der Waals surface area contributed by atoms with E-state index in [1.54, 1.807) is 6.20 Å². The van der Waals surface area contributed by atoms with E-state index in [1.807, 2.05) is 49.4 Å². The molecule has 0 unspecified atom stereocenters. The maximum atomic E-state index is 14.7. The Balaban J connectivity index is 1.34. The van der Waals surface area contributed by atoms with Crippen molar-refractivity contribution in [3.63, 3.8) is 0 Å². The smallest absolute Gasteiger partial charge is 0.224 e. The van der Waals surface area contributed by atoms with Gasteiger partial charge in [-0.15, -0.1) is 0 Å². The number of amides is 1. The summed E-state index contributed by atoms with van der Waals surface area (Å²) < 4.78 is 20.1. The SMILES string of the molecule is Cc1cccc(CNC(=O)Cc2ccc(-c3cnc(CN4CCOCC4)cc3F)cc2)c1. The number of rotatable bonds is 7. The third kappa shape index (κ3) is 5.99. The zero-order chi connectivity index (χ0) is 22.3. The number of nitrogens with one attached hydrogen (secondary N) is 1. The van der Waals surface area contributed by atoms with E-state index in [0.29, 0.717) is 31.9 Å². The van der Waals surface area contributed by atoms with Gasteiger partial charge in [0.2, 0.25) is 5.91 Å². The van der Waals surface area contributed by atoms with E-state index in [-0.39, 0.29) is 18.1 Å². The molecule has 1 saturated heterocycles. The third-order valence-electron chi connectivity index (χ3n) is 5.60. The minimum absolute atomic E-state index is 0.0421. The molecule has 5 nitrogen and oxygen atoms in total. The van der Waals surface area contributed by atoms with Gasteiger partial charge in [-0.25, -0.2) is 4.39 Å². The van der Waals surface area contributed by atoms with Gasteiger partial charge in [0, 0.05) is 37.9 Å². The van der Waals surface area contributed by atoms with Crippen LogP contribution < -0.4 is 5.32 Å². The molecule has 3 aromatic rings. The first-order valence-electron chi connectivity index (χ1n) is 10.9. The van der Waals surface area contributed by atoms with E-state index >= 15 is 0 Å². The topological polar surface area (TPSA) is 54.5 Å². The monoisotopic (exact) mass is 433 g/mol. The molecule has 1 aromatic heterocycles.